The van der Waals surface area contributed by atoms with E-state index in [9.17, 15) is 0 Å². The second-order valence-electron chi connectivity index (χ2n) is 9.34. The Bertz CT molecular complexity index is 380. The summed E-state index contributed by atoms with van der Waals surface area (Å²) in [4.78, 5) is 0. The first kappa shape index (κ1) is 29.4. The van der Waals surface area contributed by atoms with Crippen LogP contribution in [-0.4, -0.2) is 34.3 Å². The topological polar surface area (TPSA) is 39.7 Å². The molecular weight excluding hydrogens is 422 g/mol. The molecule has 0 radical (unpaired) electrons. The minimum Gasteiger partial charge on any atom is -0.373 e. The molecule has 0 amide bonds. The predicted octanol–water partition coefficient (Wildman–Crippen LogP) is 7.71. The van der Waals surface area contributed by atoms with Crippen LogP contribution in [0.5, 0.6) is 0 Å². The number of thiol groups is 1. The van der Waals surface area contributed by atoms with Crippen LogP contribution < -0.4 is 5.48 Å². The first-order valence-corrected chi connectivity index (χ1v) is 16.1. The Balaban J connectivity index is 2.23. The van der Waals surface area contributed by atoms with Gasteiger partial charge in [0.1, 0.15) is 0 Å². The van der Waals surface area contributed by atoms with Gasteiger partial charge >= 0.3 is 8.80 Å². The average Bonchev–Trinajstić information content (AvgIpc) is 2.76. The summed E-state index contributed by atoms with van der Waals surface area (Å²) in [5.74, 6) is 1.50. The molecule has 1 aliphatic heterocycles. The molecule has 0 aromatic heterocycles. The van der Waals surface area contributed by atoms with E-state index in [-0.39, 0.29) is 0 Å². The van der Waals surface area contributed by atoms with E-state index < -0.39 is 8.80 Å². The third kappa shape index (κ3) is 15.8. The van der Waals surface area contributed by atoms with E-state index in [1.54, 1.807) is 0 Å². The molecule has 1 saturated heterocycles. The molecule has 186 valence electrons. The van der Waals surface area contributed by atoms with Gasteiger partial charge < -0.3 is 8.85 Å². The lowest BCUT2D eigenvalue weighted by molar-refractivity contribution is -0.00441. The second-order valence-corrected chi connectivity index (χ2v) is 12.4. The molecule has 4 nitrogen and oxygen atoms in total. The summed E-state index contributed by atoms with van der Waals surface area (Å²) >= 11 is 4.39. The summed E-state index contributed by atoms with van der Waals surface area (Å²) in [5.41, 5.74) is 3.27. The molecule has 2 atom stereocenters. The van der Waals surface area contributed by atoms with Crippen LogP contribution in [0.3, 0.4) is 0 Å². The smallest absolute Gasteiger partial charge is 0.373 e. The zero-order valence-corrected chi connectivity index (χ0v) is 22.7. The summed E-state index contributed by atoms with van der Waals surface area (Å²) in [7, 11) is -2.61. The first-order chi connectivity index (χ1) is 15.3. The molecule has 0 spiro atoms. The minimum atomic E-state index is -2.61. The maximum atomic E-state index is 6.33. The molecule has 1 rings (SSSR count). The number of rotatable bonds is 20. The molecule has 6 heteroatoms. The van der Waals surface area contributed by atoms with E-state index in [0.717, 1.165) is 50.8 Å². The number of unbranched alkanes of at least 4 members (excludes halogenated alkanes) is 12. The van der Waals surface area contributed by atoms with E-state index in [0.29, 0.717) is 5.92 Å². The van der Waals surface area contributed by atoms with Gasteiger partial charge in [0, 0.05) is 25.8 Å². The highest BCUT2D eigenvalue weighted by Crippen LogP contribution is 2.23. The zero-order valence-electron chi connectivity index (χ0n) is 20.8. The number of hydrogen-bond donors (Lipinski definition) is 2. The quantitative estimate of drug-likeness (QED) is 0.107. The summed E-state index contributed by atoms with van der Waals surface area (Å²) < 4.78 is 18.8. The Morgan fingerprint density at radius 3 is 2.10 bits per heavy atom. The average molecular weight is 476 g/mol. The molecule has 0 saturated carbocycles. The maximum Gasteiger partial charge on any atom is 0.517 e. The Kier molecular flexibility index (Phi) is 19.9. The molecule has 0 aromatic rings. The van der Waals surface area contributed by atoms with Gasteiger partial charge in [-0.1, -0.05) is 97.3 Å². The fourth-order valence-electron chi connectivity index (χ4n) is 4.27. The standard InChI is InChI=1S/C25H53NO3SSi/c1-3-5-7-9-11-12-13-15-18-25-19-21-28-31(23-17-22-30,29-26-24-25)27-20-16-14-10-8-6-4-2/h25-26,30H,3-24H2,1-2H3. The van der Waals surface area contributed by atoms with E-state index in [2.05, 4.69) is 32.0 Å². The van der Waals surface area contributed by atoms with Crippen molar-refractivity contribution in [2.75, 3.05) is 25.5 Å². The van der Waals surface area contributed by atoms with Gasteiger partial charge in [-0.15, -0.1) is 0 Å². The molecule has 0 aliphatic carbocycles. The molecule has 31 heavy (non-hydrogen) atoms. The fourth-order valence-corrected chi connectivity index (χ4v) is 7.11. The number of hydrogen-bond acceptors (Lipinski definition) is 5. The van der Waals surface area contributed by atoms with Crippen molar-refractivity contribution in [1.29, 1.82) is 0 Å². The monoisotopic (exact) mass is 475 g/mol. The van der Waals surface area contributed by atoms with Crippen molar-refractivity contribution in [3.8, 4) is 0 Å². The van der Waals surface area contributed by atoms with Crippen molar-refractivity contribution in [3.63, 3.8) is 0 Å². The van der Waals surface area contributed by atoms with Gasteiger partial charge in [0.2, 0.25) is 0 Å². The van der Waals surface area contributed by atoms with Crippen LogP contribution in [0, 0.1) is 5.92 Å². The first-order valence-electron chi connectivity index (χ1n) is 13.6. The molecule has 1 heterocycles. The Morgan fingerprint density at radius 2 is 1.45 bits per heavy atom. The zero-order chi connectivity index (χ0) is 22.5. The lowest BCUT2D eigenvalue weighted by atomic mass is 9.97. The van der Waals surface area contributed by atoms with Gasteiger partial charge in [0.15, 0.2) is 0 Å². The van der Waals surface area contributed by atoms with Gasteiger partial charge in [-0.3, -0.25) is 4.53 Å². The number of hydroxylamine groups is 1. The molecule has 0 aromatic carbocycles. The van der Waals surface area contributed by atoms with E-state index in [1.165, 1.54) is 89.9 Å². The van der Waals surface area contributed by atoms with Crippen molar-refractivity contribution in [2.45, 2.75) is 129 Å². The van der Waals surface area contributed by atoms with Gasteiger partial charge in [-0.05, 0) is 37.4 Å². The highest BCUT2D eigenvalue weighted by molar-refractivity contribution is 7.80. The second kappa shape index (κ2) is 21.0. The van der Waals surface area contributed by atoms with Crippen LogP contribution in [-0.2, 0) is 13.4 Å². The normalized spacial score (nSPS) is 22.4. The van der Waals surface area contributed by atoms with Crippen LogP contribution in [0.25, 0.3) is 0 Å². The predicted molar refractivity (Wildman–Crippen MR) is 139 cm³/mol. The van der Waals surface area contributed by atoms with Gasteiger partial charge in [-0.25, -0.2) is 5.48 Å². The Labute approximate surface area is 200 Å². The van der Waals surface area contributed by atoms with E-state index in [1.807, 2.05) is 0 Å². The van der Waals surface area contributed by atoms with Crippen LogP contribution in [0.2, 0.25) is 6.04 Å². The summed E-state index contributed by atoms with van der Waals surface area (Å²) in [5, 5.41) is 0. The minimum absolute atomic E-state index is 0.649. The highest BCUT2D eigenvalue weighted by Gasteiger charge is 2.42. The summed E-state index contributed by atoms with van der Waals surface area (Å²) in [6.45, 7) is 7.00. The van der Waals surface area contributed by atoms with Crippen molar-refractivity contribution < 1.29 is 13.4 Å². The third-order valence-corrected chi connectivity index (χ3v) is 9.40. The van der Waals surface area contributed by atoms with E-state index >= 15 is 0 Å². The Morgan fingerprint density at radius 1 is 0.839 bits per heavy atom. The van der Waals surface area contributed by atoms with Crippen LogP contribution in [0.4, 0.5) is 0 Å². The van der Waals surface area contributed by atoms with E-state index in [4.69, 9.17) is 13.4 Å². The molecule has 1 N–H and O–H groups in total. The third-order valence-electron chi connectivity index (χ3n) is 6.37. The Hall–Kier alpha value is 0.407. The van der Waals surface area contributed by atoms with Gasteiger partial charge in [0.25, 0.3) is 0 Å². The summed E-state index contributed by atoms with van der Waals surface area (Å²) in [6.07, 6.45) is 22.1. The van der Waals surface area contributed by atoms with Gasteiger partial charge in [-0.2, -0.15) is 12.6 Å². The lowest BCUT2D eigenvalue weighted by Crippen LogP contribution is -2.52. The highest BCUT2D eigenvalue weighted by atomic mass is 32.1. The maximum absolute atomic E-state index is 6.33. The molecule has 2 unspecified atom stereocenters. The van der Waals surface area contributed by atoms with Crippen LogP contribution >= 0.6 is 12.6 Å². The van der Waals surface area contributed by atoms with Crippen molar-refractivity contribution >= 4 is 21.4 Å². The summed E-state index contributed by atoms with van der Waals surface area (Å²) in [6, 6.07) is 0.863. The van der Waals surface area contributed by atoms with Crippen LogP contribution in [0.15, 0.2) is 0 Å². The molecule has 1 aliphatic rings. The van der Waals surface area contributed by atoms with Crippen molar-refractivity contribution in [1.82, 2.24) is 5.48 Å². The van der Waals surface area contributed by atoms with Crippen LogP contribution in [0.1, 0.15) is 123 Å². The number of nitrogens with one attached hydrogen (secondary N) is 1. The fraction of sp³-hybridized carbons (Fsp3) is 1.00. The van der Waals surface area contributed by atoms with Gasteiger partial charge in [0.05, 0.1) is 0 Å². The molecular formula is C25H53NO3SSi. The van der Waals surface area contributed by atoms with Crippen molar-refractivity contribution in [3.05, 3.63) is 0 Å². The molecule has 1 fully saturated rings. The molecule has 0 bridgehead atoms. The lowest BCUT2D eigenvalue weighted by Gasteiger charge is -2.33. The SMILES string of the molecule is CCCCCCCCCCC1CCO[Si](CCCS)(OCCCCCCCC)ONC1. The van der Waals surface area contributed by atoms with Crippen molar-refractivity contribution in [2.24, 2.45) is 5.92 Å². The largest absolute Gasteiger partial charge is 0.517 e.